The molecule has 1 aromatic rings. The highest BCUT2D eigenvalue weighted by Gasteiger charge is 2.19. The van der Waals surface area contributed by atoms with E-state index in [1.165, 1.54) is 18.7 Å². The average molecular weight is 278 g/mol. The summed E-state index contributed by atoms with van der Waals surface area (Å²) in [7, 11) is 0. The van der Waals surface area contributed by atoms with E-state index in [4.69, 9.17) is 10.4 Å². The third-order valence-corrected chi connectivity index (χ3v) is 3.49. The summed E-state index contributed by atoms with van der Waals surface area (Å²) in [6, 6.07) is 6.45. The van der Waals surface area contributed by atoms with Gasteiger partial charge in [0.2, 0.25) is 5.91 Å². The van der Waals surface area contributed by atoms with Crippen LogP contribution in [0.15, 0.2) is 23.1 Å². The van der Waals surface area contributed by atoms with Crippen molar-refractivity contribution < 1.29 is 14.7 Å². The van der Waals surface area contributed by atoms with Crippen molar-refractivity contribution in [2.75, 3.05) is 5.75 Å². The highest BCUT2D eigenvalue weighted by molar-refractivity contribution is 7.99. The fourth-order valence-electron chi connectivity index (χ4n) is 1.43. The van der Waals surface area contributed by atoms with Gasteiger partial charge in [-0.15, -0.1) is 11.8 Å². The summed E-state index contributed by atoms with van der Waals surface area (Å²) in [4.78, 5) is 22.6. The van der Waals surface area contributed by atoms with Gasteiger partial charge in [0.15, 0.2) is 0 Å². The predicted molar refractivity (Wildman–Crippen MR) is 71.9 cm³/mol. The molecule has 0 aliphatic heterocycles. The second-order valence-corrected chi connectivity index (χ2v) is 5.08. The second kappa shape index (κ2) is 6.81. The fourth-order valence-corrected chi connectivity index (χ4v) is 2.55. The van der Waals surface area contributed by atoms with Gasteiger partial charge >= 0.3 is 5.97 Å². The van der Waals surface area contributed by atoms with Crippen molar-refractivity contribution in [1.29, 1.82) is 5.26 Å². The van der Waals surface area contributed by atoms with Crippen molar-refractivity contribution in [3.05, 3.63) is 29.3 Å². The van der Waals surface area contributed by atoms with Gasteiger partial charge in [0.25, 0.3) is 0 Å². The molecule has 6 heteroatoms. The molecule has 0 aliphatic rings. The minimum atomic E-state index is -1.09. The van der Waals surface area contributed by atoms with Gasteiger partial charge in [-0.25, -0.2) is 4.79 Å². The number of rotatable bonds is 5. The molecule has 1 aromatic carbocycles. The van der Waals surface area contributed by atoms with E-state index in [1.807, 2.05) is 19.1 Å². The average Bonchev–Trinajstić information content (AvgIpc) is 2.34. The zero-order chi connectivity index (χ0) is 14.4. The summed E-state index contributed by atoms with van der Waals surface area (Å²) in [6.45, 7) is 3.17. The van der Waals surface area contributed by atoms with Crippen LogP contribution in [0.5, 0.6) is 0 Å². The molecule has 1 atom stereocenters. The third kappa shape index (κ3) is 4.64. The number of nitrogens with zero attached hydrogens (tertiary/aromatic N) is 1. The van der Waals surface area contributed by atoms with E-state index in [9.17, 15) is 9.59 Å². The summed E-state index contributed by atoms with van der Waals surface area (Å²) in [5.74, 6) is -1.31. The minimum absolute atomic E-state index is 0.174. The maximum Gasteiger partial charge on any atom is 0.327 e. The molecular weight excluding hydrogens is 264 g/mol. The number of carboxylic acid groups (broad SMARTS) is 1. The van der Waals surface area contributed by atoms with Gasteiger partial charge in [-0.2, -0.15) is 5.26 Å². The highest BCUT2D eigenvalue weighted by atomic mass is 32.2. The molecule has 0 saturated heterocycles. The first-order valence-corrected chi connectivity index (χ1v) is 6.56. The van der Waals surface area contributed by atoms with E-state index >= 15 is 0 Å². The lowest BCUT2D eigenvalue weighted by molar-refractivity contribution is -0.140. The van der Waals surface area contributed by atoms with Crippen LogP contribution in [0.25, 0.3) is 0 Å². The van der Waals surface area contributed by atoms with E-state index in [0.717, 1.165) is 10.5 Å². The maximum atomic E-state index is 11.0. The van der Waals surface area contributed by atoms with E-state index in [1.54, 1.807) is 6.07 Å². The van der Waals surface area contributed by atoms with E-state index in [2.05, 4.69) is 11.4 Å². The first-order valence-electron chi connectivity index (χ1n) is 5.57. The lowest BCUT2D eigenvalue weighted by Gasteiger charge is -2.13. The topological polar surface area (TPSA) is 90.2 Å². The molecule has 0 spiro atoms. The summed E-state index contributed by atoms with van der Waals surface area (Å²) in [5, 5.41) is 20.3. The van der Waals surface area contributed by atoms with Crippen LogP contribution in [0.1, 0.15) is 18.1 Å². The van der Waals surface area contributed by atoms with Gasteiger partial charge in [0.1, 0.15) is 12.1 Å². The fraction of sp³-hybridized carbons (Fsp3) is 0.308. The highest BCUT2D eigenvalue weighted by Crippen LogP contribution is 2.24. The van der Waals surface area contributed by atoms with Crippen LogP contribution < -0.4 is 5.32 Å². The van der Waals surface area contributed by atoms with Crippen LogP contribution >= 0.6 is 11.8 Å². The standard InChI is InChI=1S/C13H14N2O3S/c1-8-3-4-10(6-14)12(5-8)19-7-11(13(17)18)15-9(2)16/h3-5,11H,7H2,1-2H3,(H,15,16)(H,17,18). The molecule has 1 rings (SSSR count). The monoisotopic (exact) mass is 278 g/mol. The van der Waals surface area contributed by atoms with Gasteiger partial charge in [0, 0.05) is 17.6 Å². The van der Waals surface area contributed by atoms with Gasteiger partial charge in [0.05, 0.1) is 5.56 Å². The third-order valence-electron chi connectivity index (χ3n) is 2.34. The lowest BCUT2D eigenvalue weighted by Crippen LogP contribution is -2.41. The molecule has 0 aromatic heterocycles. The molecule has 2 N–H and O–H groups in total. The van der Waals surface area contributed by atoms with Crippen LogP contribution in [-0.2, 0) is 9.59 Å². The molecule has 0 saturated carbocycles. The van der Waals surface area contributed by atoms with Gasteiger partial charge in [-0.3, -0.25) is 4.79 Å². The summed E-state index contributed by atoms with van der Waals surface area (Å²) in [6.07, 6.45) is 0. The molecule has 0 radical (unpaired) electrons. The zero-order valence-corrected chi connectivity index (χ0v) is 11.5. The number of aliphatic carboxylic acids is 1. The number of hydrogen-bond acceptors (Lipinski definition) is 4. The molecule has 0 fully saturated rings. The Balaban J connectivity index is 2.79. The number of thioether (sulfide) groups is 1. The summed E-state index contributed by atoms with van der Waals surface area (Å²) < 4.78 is 0. The number of aryl methyl sites for hydroxylation is 1. The SMILES string of the molecule is CC(=O)NC(CSc1cc(C)ccc1C#N)C(=O)O. The number of carbonyl (C=O) groups is 2. The largest absolute Gasteiger partial charge is 0.480 e. The molecule has 0 bridgehead atoms. The summed E-state index contributed by atoms with van der Waals surface area (Å²) in [5.41, 5.74) is 1.50. The number of benzene rings is 1. The van der Waals surface area contributed by atoms with Crippen LogP contribution in [0.4, 0.5) is 0 Å². The van der Waals surface area contributed by atoms with Crippen LogP contribution in [0.3, 0.4) is 0 Å². The van der Waals surface area contributed by atoms with E-state index in [-0.39, 0.29) is 5.75 Å². The van der Waals surface area contributed by atoms with Gasteiger partial charge < -0.3 is 10.4 Å². The van der Waals surface area contributed by atoms with Gasteiger partial charge in [-0.05, 0) is 24.6 Å². The van der Waals surface area contributed by atoms with Crippen LogP contribution in [-0.4, -0.2) is 28.8 Å². The normalized spacial score (nSPS) is 11.4. The van der Waals surface area contributed by atoms with Crippen molar-refractivity contribution in [2.45, 2.75) is 24.8 Å². The number of carboxylic acids is 1. The Hall–Kier alpha value is -2.00. The first kappa shape index (κ1) is 15.1. The predicted octanol–water partition coefficient (Wildman–Crippen LogP) is 1.55. The van der Waals surface area contributed by atoms with Crippen LogP contribution in [0.2, 0.25) is 0 Å². The van der Waals surface area contributed by atoms with E-state index in [0.29, 0.717) is 5.56 Å². The van der Waals surface area contributed by atoms with Crippen molar-refractivity contribution in [2.24, 2.45) is 0 Å². The molecule has 1 unspecified atom stereocenters. The van der Waals surface area contributed by atoms with Gasteiger partial charge in [-0.1, -0.05) is 6.07 Å². The molecule has 1 amide bonds. The molecule has 0 heterocycles. The number of nitrogens with one attached hydrogen (secondary N) is 1. The Morgan fingerprint density at radius 1 is 1.53 bits per heavy atom. The smallest absolute Gasteiger partial charge is 0.327 e. The molecule has 0 aliphatic carbocycles. The lowest BCUT2D eigenvalue weighted by atomic mass is 10.2. The molecular formula is C13H14N2O3S. The number of amides is 1. The Bertz CT molecular complexity index is 537. The van der Waals surface area contributed by atoms with Crippen LogP contribution in [0, 0.1) is 18.3 Å². The summed E-state index contributed by atoms with van der Waals surface area (Å²) >= 11 is 1.25. The van der Waals surface area contributed by atoms with Crippen molar-refractivity contribution in [1.82, 2.24) is 5.32 Å². The molecule has 5 nitrogen and oxygen atoms in total. The number of nitriles is 1. The Morgan fingerprint density at radius 2 is 2.21 bits per heavy atom. The molecule has 19 heavy (non-hydrogen) atoms. The quantitative estimate of drug-likeness (QED) is 0.797. The van der Waals surface area contributed by atoms with Crippen molar-refractivity contribution in [3.63, 3.8) is 0 Å². The van der Waals surface area contributed by atoms with Crippen molar-refractivity contribution >= 4 is 23.6 Å². The first-order chi connectivity index (χ1) is 8.93. The number of carbonyl (C=O) groups excluding carboxylic acids is 1. The second-order valence-electron chi connectivity index (χ2n) is 4.01. The minimum Gasteiger partial charge on any atom is -0.480 e. The Kier molecular flexibility index (Phi) is 5.39. The van der Waals surface area contributed by atoms with Crippen molar-refractivity contribution in [3.8, 4) is 6.07 Å². The Labute approximate surface area is 115 Å². The zero-order valence-electron chi connectivity index (χ0n) is 10.6. The number of hydrogen-bond donors (Lipinski definition) is 2. The maximum absolute atomic E-state index is 11.0. The Morgan fingerprint density at radius 3 is 2.74 bits per heavy atom. The van der Waals surface area contributed by atoms with E-state index < -0.39 is 17.9 Å². The molecule has 100 valence electrons.